The van der Waals surface area contributed by atoms with E-state index in [0.29, 0.717) is 23.0 Å². The fourth-order valence-corrected chi connectivity index (χ4v) is 3.06. The third-order valence-electron chi connectivity index (χ3n) is 4.79. The molecule has 0 radical (unpaired) electrons. The van der Waals surface area contributed by atoms with Crippen molar-refractivity contribution in [3.05, 3.63) is 64.1 Å². The van der Waals surface area contributed by atoms with E-state index in [4.69, 9.17) is 4.74 Å². The number of rotatable bonds is 7. The predicted octanol–water partition coefficient (Wildman–Crippen LogP) is 2.12. The van der Waals surface area contributed by atoms with Crippen LogP contribution in [0.4, 0.5) is 5.82 Å². The molecule has 2 aromatic heterocycles. The fraction of sp³-hybridized carbons (Fsp3) is 0.304. The quantitative estimate of drug-likeness (QED) is 0.528. The first-order valence-corrected chi connectivity index (χ1v) is 10.3. The van der Waals surface area contributed by atoms with Gasteiger partial charge in [0.2, 0.25) is 0 Å². The number of hydrogen-bond donors (Lipinski definition) is 2. The molecule has 0 atom stereocenters. The third kappa shape index (κ3) is 6.22. The van der Waals surface area contributed by atoms with E-state index in [2.05, 4.69) is 25.7 Å². The number of aryl methyl sites for hydroxylation is 5. The van der Waals surface area contributed by atoms with Crippen molar-refractivity contribution in [2.75, 3.05) is 18.5 Å². The number of esters is 1. The minimum absolute atomic E-state index is 0.321. The number of carbonyl (C=O) groups is 3. The average molecular weight is 450 g/mol. The van der Waals surface area contributed by atoms with Gasteiger partial charge in [0.05, 0.1) is 5.69 Å². The SMILES string of the molecule is Cc1cc(C)nc(-n2nc(C)cc2NC(=O)COC(=O)CNC(=O)c2ccc(C)c(C)c2)n1. The number of carbonyl (C=O) groups excluding carboxylic acids is 3. The summed E-state index contributed by atoms with van der Waals surface area (Å²) < 4.78 is 6.38. The molecular weight excluding hydrogens is 424 g/mol. The van der Waals surface area contributed by atoms with Crippen LogP contribution in [0.5, 0.6) is 0 Å². The van der Waals surface area contributed by atoms with E-state index in [9.17, 15) is 14.4 Å². The van der Waals surface area contributed by atoms with Gasteiger partial charge in [-0.2, -0.15) is 9.78 Å². The molecule has 0 aliphatic rings. The topological polar surface area (TPSA) is 128 Å². The summed E-state index contributed by atoms with van der Waals surface area (Å²) in [6, 6.07) is 8.75. The van der Waals surface area contributed by atoms with Crippen molar-refractivity contribution in [3.63, 3.8) is 0 Å². The maximum Gasteiger partial charge on any atom is 0.325 e. The molecule has 2 amide bonds. The van der Waals surface area contributed by atoms with Crippen molar-refractivity contribution in [1.29, 1.82) is 0 Å². The van der Waals surface area contributed by atoms with Gasteiger partial charge in [0.15, 0.2) is 6.61 Å². The van der Waals surface area contributed by atoms with Gasteiger partial charge >= 0.3 is 5.97 Å². The Morgan fingerprint density at radius 2 is 1.61 bits per heavy atom. The number of ether oxygens (including phenoxy) is 1. The maximum absolute atomic E-state index is 12.3. The van der Waals surface area contributed by atoms with E-state index in [-0.39, 0.29) is 6.54 Å². The van der Waals surface area contributed by atoms with Crippen LogP contribution in [-0.4, -0.2) is 50.7 Å². The standard InChI is InChI=1S/C23H26N6O4/c1-13-6-7-18(8-14(13)2)22(32)24-11-21(31)33-12-20(30)27-19-10-17(5)28-29(19)23-25-15(3)9-16(4)26-23/h6-10H,11-12H2,1-5H3,(H,24,32)(H,27,30). The highest BCUT2D eigenvalue weighted by Gasteiger charge is 2.16. The molecule has 10 nitrogen and oxygen atoms in total. The lowest BCUT2D eigenvalue weighted by atomic mass is 10.1. The number of anilines is 1. The summed E-state index contributed by atoms with van der Waals surface area (Å²) in [5.74, 6) is -1.02. The van der Waals surface area contributed by atoms with Gasteiger partial charge in [-0.05, 0) is 63.9 Å². The van der Waals surface area contributed by atoms with Gasteiger partial charge < -0.3 is 15.4 Å². The van der Waals surface area contributed by atoms with Crippen molar-refractivity contribution < 1.29 is 19.1 Å². The number of hydrogen-bond acceptors (Lipinski definition) is 7. The van der Waals surface area contributed by atoms with Crippen molar-refractivity contribution in [2.45, 2.75) is 34.6 Å². The molecule has 0 spiro atoms. The number of amides is 2. The Morgan fingerprint density at radius 3 is 2.27 bits per heavy atom. The van der Waals surface area contributed by atoms with Crippen molar-refractivity contribution in [2.24, 2.45) is 0 Å². The molecule has 3 aromatic rings. The Bertz CT molecular complexity index is 1200. The van der Waals surface area contributed by atoms with E-state index >= 15 is 0 Å². The van der Waals surface area contributed by atoms with Crippen LogP contribution in [0.2, 0.25) is 0 Å². The van der Waals surface area contributed by atoms with Gasteiger partial charge in [0.25, 0.3) is 17.8 Å². The van der Waals surface area contributed by atoms with Crippen molar-refractivity contribution >= 4 is 23.6 Å². The summed E-state index contributed by atoms with van der Waals surface area (Å²) in [5.41, 5.74) is 4.67. The van der Waals surface area contributed by atoms with Gasteiger partial charge in [-0.1, -0.05) is 6.07 Å². The zero-order valence-electron chi connectivity index (χ0n) is 19.2. The molecule has 0 aliphatic heterocycles. The van der Waals surface area contributed by atoms with Crippen LogP contribution >= 0.6 is 0 Å². The number of aromatic nitrogens is 4. The molecule has 0 fully saturated rings. The highest BCUT2D eigenvalue weighted by atomic mass is 16.5. The van der Waals surface area contributed by atoms with E-state index in [1.54, 1.807) is 25.1 Å². The lowest BCUT2D eigenvalue weighted by molar-refractivity contribution is -0.146. The Labute approximate surface area is 191 Å². The monoisotopic (exact) mass is 450 g/mol. The van der Waals surface area contributed by atoms with Gasteiger partial charge in [-0.25, -0.2) is 9.97 Å². The van der Waals surface area contributed by atoms with Gasteiger partial charge in [-0.15, -0.1) is 0 Å². The first kappa shape index (κ1) is 23.6. The zero-order valence-corrected chi connectivity index (χ0v) is 19.2. The molecular formula is C23H26N6O4. The molecule has 3 rings (SSSR count). The van der Waals surface area contributed by atoms with Crippen LogP contribution in [0, 0.1) is 34.6 Å². The molecule has 0 saturated heterocycles. The molecule has 172 valence electrons. The summed E-state index contributed by atoms with van der Waals surface area (Å²) >= 11 is 0. The molecule has 0 unspecified atom stereocenters. The molecule has 0 bridgehead atoms. The molecule has 2 heterocycles. The summed E-state index contributed by atoms with van der Waals surface area (Å²) in [4.78, 5) is 45.2. The second kappa shape index (κ2) is 10.0. The van der Waals surface area contributed by atoms with Gasteiger partial charge in [0, 0.05) is 23.0 Å². The maximum atomic E-state index is 12.3. The number of nitrogens with one attached hydrogen (secondary N) is 2. The van der Waals surface area contributed by atoms with Crippen LogP contribution in [0.25, 0.3) is 5.95 Å². The summed E-state index contributed by atoms with van der Waals surface area (Å²) in [6.07, 6.45) is 0. The first-order valence-electron chi connectivity index (χ1n) is 10.3. The van der Waals surface area contributed by atoms with Gasteiger partial charge in [0.1, 0.15) is 12.4 Å². The molecule has 33 heavy (non-hydrogen) atoms. The average Bonchev–Trinajstić information content (AvgIpc) is 3.11. The second-order valence-corrected chi connectivity index (χ2v) is 7.72. The zero-order chi connectivity index (χ0) is 24.1. The van der Waals surface area contributed by atoms with Crippen LogP contribution in [-0.2, 0) is 14.3 Å². The smallest absolute Gasteiger partial charge is 0.325 e. The van der Waals surface area contributed by atoms with E-state index in [0.717, 1.165) is 22.5 Å². The minimum Gasteiger partial charge on any atom is -0.454 e. The van der Waals surface area contributed by atoms with Crippen LogP contribution < -0.4 is 10.6 Å². The summed E-state index contributed by atoms with van der Waals surface area (Å²) in [6.45, 7) is 8.42. The molecule has 0 saturated carbocycles. The Balaban J connectivity index is 1.54. The molecule has 10 heteroatoms. The molecule has 2 N–H and O–H groups in total. The highest BCUT2D eigenvalue weighted by Crippen LogP contribution is 2.15. The minimum atomic E-state index is -0.732. The van der Waals surface area contributed by atoms with Crippen molar-refractivity contribution in [1.82, 2.24) is 25.1 Å². The predicted molar refractivity (Wildman–Crippen MR) is 121 cm³/mol. The Kier molecular flexibility index (Phi) is 7.17. The highest BCUT2D eigenvalue weighted by molar-refractivity contribution is 5.96. The van der Waals surface area contributed by atoms with Crippen molar-refractivity contribution in [3.8, 4) is 5.95 Å². The number of nitrogens with zero attached hydrogens (tertiary/aromatic N) is 4. The van der Waals surface area contributed by atoms with Crippen LogP contribution in [0.3, 0.4) is 0 Å². The third-order valence-corrected chi connectivity index (χ3v) is 4.79. The van der Waals surface area contributed by atoms with E-state index in [1.807, 2.05) is 39.8 Å². The largest absolute Gasteiger partial charge is 0.454 e. The lowest BCUT2D eigenvalue weighted by Crippen LogP contribution is -2.32. The molecule has 0 aliphatic carbocycles. The lowest BCUT2D eigenvalue weighted by Gasteiger charge is -2.10. The summed E-state index contributed by atoms with van der Waals surface area (Å²) in [5, 5.41) is 9.45. The van der Waals surface area contributed by atoms with Crippen LogP contribution in [0.15, 0.2) is 30.3 Å². The summed E-state index contributed by atoms with van der Waals surface area (Å²) in [7, 11) is 0. The normalized spacial score (nSPS) is 10.6. The second-order valence-electron chi connectivity index (χ2n) is 7.72. The Hall–Kier alpha value is -4.08. The number of benzene rings is 1. The van der Waals surface area contributed by atoms with E-state index < -0.39 is 24.4 Å². The Morgan fingerprint density at radius 1 is 0.909 bits per heavy atom. The van der Waals surface area contributed by atoms with E-state index in [1.165, 1.54) is 4.68 Å². The molecule has 1 aromatic carbocycles. The van der Waals surface area contributed by atoms with Crippen LogP contribution in [0.1, 0.15) is 38.6 Å². The fourth-order valence-electron chi connectivity index (χ4n) is 3.06. The first-order chi connectivity index (χ1) is 15.6. The van der Waals surface area contributed by atoms with Gasteiger partial charge in [-0.3, -0.25) is 14.4 Å².